The summed E-state index contributed by atoms with van der Waals surface area (Å²) in [6.07, 6.45) is 3.17. The van der Waals surface area contributed by atoms with Gasteiger partial charge in [0.2, 0.25) is 0 Å². The van der Waals surface area contributed by atoms with Crippen molar-refractivity contribution in [2.24, 2.45) is 0 Å². The molecule has 1 aromatic rings. The largest absolute Gasteiger partial charge is 0.452 e. The summed E-state index contributed by atoms with van der Waals surface area (Å²) in [5.41, 5.74) is 1.68. The van der Waals surface area contributed by atoms with Crippen LogP contribution in [0.2, 0.25) is 0 Å². The molecule has 0 N–H and O–H groups in total. The zero-order valence-corrected chi connectivity index (χ0v) is 15.5. The minimum Gasteiger partial charge on any atom is -0.452 e. The van der Waals surface area contributed by atoms with Crippen LogP contribution in [-0.2, 0) is 14.9 Å². The molecule has 1 saturated heterocycles. The van der Waals surface area contributed by atoms with Crippen molar-refractivity contribution >= 4 is 11.9 Å². The SMILES string of the molecule is C[C@@H]1CCC[C@@H](C)N1C(=O)COC(=O)c1ccc(C(C)(C)C)cc1. The minimum atomic E-state index is -0.443. The Balaban J connectivity index is 1.94. The summed E-state index contributed by atoms with van der Waals surface area (Å²) < 4.78 is 5.24. The van der Waals surface area contributed by atoms with Crippen LogP contribution < -0.4 is 0 Å². The molecule has 2 rings (SSSR count). The Labute approximate surface area is 145 Å². The molecule has 0 saturated carbocycles. The summed E-state index contributed by atoms with van der Waals surface area (Å²) in [6, 6.07) is 7.83. The van der Waals surface area contributed by atoms with Crippen LogP contribution in [0.3, 0.4) is 0 Å². The van der Waals surface area contributed by atoms with Gasteiger partial charge in [0, 0.05) is 12.1 Å². The highest BCUT2D eigenvalue weighted by Crippen LogP contribution is 2.23. The third-order valence-corrected chi connectivity index (χ3v) is 4.79. The van der Waals surface area contributed by atoms with Gasteiger partial charge >= 0.3 is 5.97 Å². The van der Waals surface area contributed by atoms with Gasteiger partial charge in [-0.2, -0.15) is 0 Å². The molecule has 2 atom stereocenters. The summed E-state index contributed by atoms with van der Waals surface area (Å²) >= 11 is 0. The van der Waals surface area contributed by atoms with E-state index in [-0.39, 0.29) is 30.0 Å². The van der Waals surface area contributed by atoms with Crippen LogP contribution in [0.1, 0.15) is 69.8 Å². The summed E-state index contributed by atoms with van der Waals surface area (Å²) in [6.45, 7) is 10.3. The van der Waals surface area contributed by atoms with Crippen molar-refractivity contribution in [1.82, 2.24) is 4.90 Å². The zero-order valence-electron chi connectivity index (χ0n) is 15.5. The van der Waals surface area contributed by atoms with Gasteiger partial charge in [0.05, 0.1) is 5.56 Å². The summed E-state index contributed by atoms with van der Waals surface area (Å²) in [5.74, 6) is -0.546. The first-order chi connectivity index (χ1) is 11.2. The number of likely N-dealkylation sites (tertiary alicyclic amines) is 1. The van der Waals surface area contributed by atoms with Crippen molar-refractivity contribution in [1.29, 1.82) is 0 Å². The van der Waals surface area contributed by atoms with E-state index in [0.717, 1.165) is 24.8 Å². The standard InChI is InChI=1S/C20H29NO3/c1-14-7-6-8-15(2)21(14)18(22)13-24-19(23)16-9-11-17(12-10-16)20(3,4)5/h9-12,14-15H,6-8,13H2,1-5H3/t14-,15-/m1/s1. The highest BCUT2D eigenvalue weighted by Gasteiger charge is 2.29. The molecule has 0 spiro atoms. The van der Waals surface area contributed by atoms with Gasteiger partial charge in [0.15, 0.2) is 6.61 Å². The first-order valence-electron chi connectivity index (χ1n) is 8.79. The van der Waals surface area contributed by atoms with E-state index in [0.29, 0.717) is 5.56 Å². The average Bonchev–Trinajstić information content (AvgIpc) is 2.51. The lowest BCUT2D eigenvalue weighted by Gasteiger charge is -2.38. The van der Waals surface area contributed by atoms with Gasteiger partial charge in [-0.25, -0.2) is 4.79 Å². The number of hydrogen-bond acceptors (Lipinski definition) is 3. The average molecular weight is 331 g/mol. The van der Waals surface area contributed by atoms with Crippen LogP contribution in [0.5, 0.6) is 0 Å². The molecule has 1 aliphatic heterocycles. The van der Waals surface area contributed by atoms with Crippen LogP contribution in [0, 0.1) is 0 Å². The number of hydrogen-bond donors (Lipinski definition) is 0. The van der Waals surface area contributed by atoms with Gasteiger partial charge in [-0.3, -0.25) is 4.79 Å². The topological polar surface area (TPSA) is 46.6 Å². The van der Waals surface area contributed by atoms with Crippen LogP contribution in [0.15, 0.2) is 24.3 Å². The predicted molar refractivity (Wildman–Crippen MR) is 95.0 cm³/mol. The molecule has 1 aliphatic rings. The zero-order chi connectivity index (χ0) is 17.9. The second kappa shape index (κ2) is 7.37. The Morgan fingerprint density at radius 1 is 1.08 bits per heavy atom. The second-order valence-corrected chi connectivity index (χ2v) is 7.83. The number of carbonyl (C=O) groups excluding carboxylic acids is 2. The Bertz CT molecular complexity index is 576. The number of esters is 1. The normalized spacial score (nSPS) is 21.5. The van der Waals surface area contributed by atoms with Gasteiger partial charge in [0.1, 0.15) is 0 Å². The first-order valence-corrected chi connectivity index (χ1v) is 8.79. The van der Waals surface area contributed by atoms with Crippen molar-refractivity contribution in [3.63, 3.8) is 0 Å². The number of benzene rings is 1. The molecule has 1 aromatic carbocycles. The van der Waals surface area contributed by atoms with E-state index >= 15 is 0 Å². The lowest BCUT2D eigenvalue weighted by molar-refractivity contribution is -0.140. The molecular formula is C20H29NO3. The third-order valence-electron chi connectivity index (χ3n) is 4.79. The Kier molecular flexibility index (Phi) is 5.68. The number of piperidine rings is 1. The monoisotopic (exact) mass is 331 g/mol. The van der Waals surface area contributed by atoms with E-state index in [1.807, 2.05) is 17.0 Å². The van der Waals surface area contributed by atoms with Gasteiger partial charge in [-0.15, -0.1) is 0 Å². The fourth-order valence-corrected chi connectivity index (χ4v) is 3.30. The maximum absolute atomic E-state index is 12.4. The predicted octanol–water partition coefficient (Wildman–Crippen LogP) is 3.93. The quantitative estimate of drug-likeness (QED) is 0.788. The number of carbonyl (C=O) groups is 2. The van der Waals surface area contributed by atoms with Crippen molar-refractivity contribution in [2.45, 2.75) is 71.4 Å². The lowest BCUT2D eigenvalue weighted by atomic mass is 9.87. The number of amides is 1. The Hall–Kier alpha value is -1.84. The van der Waals surface area contributed by atoms with Crippen LogP contribution in [0.25, 0.3) is 0 Å². The Morgan fingerprint density at radius 2 is 1.62 bits per heavy atom. The molecule has 1 fully saturated rings. The van der Waals surface area contributed by atoms with Crippen molar-refractivity contribution in [3.05, 3.63) is 35.4 Å². The fraction of sp³-hybridized carbons (Fsp3) is 0.600. The van der Waals surface area contributed by atoms with Gasteiger partial charge in [-0.1, -0.05) is 32.9 Å². The molecule has 1 amide bonds. The molecule has 0 unspecified atom stereocenters. The maximum Gasteiger partial charge on any atom is 0.338 e. The molecule has 0 radical (unpaired) electrons. The summed E-state index contributed by atoms with van der Waals surface area (Å²) in [7, 11) is 0. The van der Waals surface area contributed by atoms with E-state index < -0.39 is 5.97 Å². The van der Waals surface area contributed by atoms with Crippen LogP contribution in [-0.4, -0.2) is 35.5 Å². The van der Waals surface area contributed by atoms with E-state index in [4.69, 9.17) is 4.74 Å². The number of nitrogens with zero attached hydrogens (tertiary/aromatic N) is 1. The second-order valence-electron chi connectivity index (χ2n) is 7.83. The van der Waals surface area contributed by atoms with Crippen molar-refractivity contribution < 1.29 is 14.3 Å². The van der Waals surface area contributed by atoms with Crippen LogP contribution >= 0.6 is 0 Å². The molecule has 0 aliphatic carbocycles. The Morgan fingerprint density at radius 3 is 2.12 bits per heavy atom. The number of ether oxygens (including phenoxy) is 1. The molecule has 4 nitrogen and oxygen atoms in total. The molecule has 0 bridgehead atoms. The van der Waals surface area contributed by atoms with E-state index in [9.17, 15) is 9.59 Å². The molecule has 132 valence electrons. The maximum atomic E-state index is 12.4. The van der Waals surface area contributed by atoms with Crippen LogP contribution in [0.4, 0.5) is 0 Å². The molecule has 1 heterocycles. The molecular weight excluding hydrogens is 302 g/mol. The fourth-order valence-electron chi connectivity index (χ4n) is 3.30. The third kappa shape index (κ3) is 4.37. The molecule has 4 heteroatoms. The highest BCUT2D eigenvalue weighted by molar-refractivity contribution is 5.91. The van der Waals surface area contributed by atoms with Crippen molar-refractivity contribution in [2.75, 3.05) is 6.61 Å². The van der Waals surface area contributed by atoms with E-state index in [2.05, 4.69) is 34.6 Å². The summed E-state index contributed by atoms with van der Waals surface area (Å²) in [5, 5.41) is 0. The first kappa shape index (κ1) is 18.5. The molecule has 0 aromatic heterocycles. The number of rotatable bonds is 3. The van der Waals surface area contributed by atoms with Crippen molar-refractivity contribution in [3.8, 4) is 0 Å². The molecule has 24 heavy (non-hydrogen) atoms. The van der Waals surface area contributed by atoms with Gasteiger partial charge < -0.3 is 9.64 Å². The van der Waals surface area contributed by atoms with E-state index in [1.165, 1.54) is 0 Å². The van der Waals surface area contributed by atoms with Gasteiger partial charge in [-0.05, 0) is 56.2 Å². The smallest absolute Gasteiger partial charge is 0.338 e. The van der Waals surface area contributed by atoms with Gasteiger partial charge in [0.25, 0.3) is 5.91 Å². The minimum absolute atomic E-state index is 0.0406. The highest BCUT2D eigenvalue weighted by atomic mass is 16.5. The van der Waals surface area contributed by atoms with E-state index in [1.54, 1.807) is 12.1 Å². The lowest BCUT2D eigenvalue weighted by Crippen LogP contribution is -2.49. The summed E-state index contributed by atoms with van der Waals surface area (Å²) in [4.78, 5) is 26.4.